The Kier molecular flexibility index (Phi) is 6.40. The normalized spacial score (nSPS) is 18.8. The third-order valence-corrected chi connectivity index (χ3v) is 6.46. The molecule has 1 fully saturated rings. The van der Waals surface area contributed by atoms with E-state index in [1.165, 1.54) is 17.4 Å². The number of likely N-dealkylation sites (N-methyl/N-ethyl adjacent to an activating group) is 1. The van der Waals surface area contributed by atoms with Crippen molar-refractivity contribution in [3.05, 3.63) is 17.9 Å². The Morgan fingerprint density at radius 3 is 3.08 bits per heavy atom. The molecule has 1 aliphatic rings. The number of rotatable bonds is 5. The van der Waals surface area contributed by atoms with Crippen LogP contribution in [0.1, 0.15) is 12.8 Å². The maximum atomic E-state index is 14.0. The second kappa shape index (κ2) is 8.36. The fraction of sp³-hybridized carbons (Fsp3) is 0.529. The molecule has 2 aromatic rings. The molecule has 0 aliphatic carbocycles. The molecule has 8 heteroatoms. The van der Waals surface area contributed by atoms with Gasteiger partial charge in [0.05, 0.1) is 0 Å². The van der Waals surface area contributed by atoms with E-state index in [1.54, 1.807) is 0 Å². The molecule has 0 spiro atoms. The van der Waals surface area contributed by atoms with Gasteiger partial charge in [0.15, 0.2) is 0 Å². The predicted molar refractivity (Wildman–Crippen MR) is 101 cm³/mol. The number of hydrogen-bond acceptors (Lipinski definition) is 5. The molecule has 25 heavy (non-hydrogen) atoms. The summed E-state index contributed by atoms with van der Waals surface area (Å²) in [5.41, 5.74) is 0.358. The van der Waals surface area contributed by atoms with Crippen LogP contribution in [0.5, 0.6) is 0 Å². The summed E-state index contributed by atoms with van der Waals surface area (Å²) in [5.74, 6) is -0.325. The number of nitrogens with zero attached hydrogens (tertiary/aromatic N) is 3. The van der Waals surface area contributed by atoms with Crippen LogP contribution >= 0.6 is 11.3 Å². The van der Waals surface area contributed by atoms with Crippen molar-refractivity contribution in [2.45, 2.75) is 12.8 Å². The van der Waals surface area contributed by atoms with Crippen LogP contribution in [0, 0.1) is 11.7 Å². The van der Waals surface area contributed by atoms with Gasteiger partial charge in [-0.05, 0) is 14.1 Å². The van der Waals surface area contributed by atoms with Gasteiger partial charge >= 0.3 is 149 Å². The molecule has 5 nitrogen and oxygen atoms in total. The van der Waals surface area contributed by atoms with Gasteiger partial charge in [-0.25, -0.2) is 0 Å². The summed E-state index contributed by atoms with van der Waals surface area (Å²) in [6.45, 7) is 3.80. The molecule has 3 radical (unpaired) electrons. The predicted octanol–water partition coefficient (Wildman–Crippen LogP) is 1.44. The van der Waals surface area contributed by atoms with E-state index in [9.17, 15) is 9.18 Å². The average molecular weight is 557 g/mol. The van der Waals surface area contributed by atoms with Crippen LogP contribution in [0.2, 0.25) is 0 Å². The molecule has 0 bridgehead atoms. The first-order valence-electron chi connectivity index (χ1n) is 8.42. The number of anilines is 1. The van der Waals surface area contributed by atoms with Crippen LogP contribution in [0.3, 0.4) is 0 Å². The fourth-order valence-electron chi connectivity index (χ4n) is 3.06. The number of likely N-dealkylation sites (tertiary alicyclic amines) is 1. The molecule has 1 aromatic carbocycles. The third kappa shape index (κ3) is 4.96. The summed E-state index contributed by atoms with van der Waals surface area (Å²) in [7, 11) is 4.12. The summed E-state index contributed by atoms with van der Waals surface area (Å²) < 4.78 is 15.8. The van der Waals surface area contributed by atoms with Gasteiger partial charge in [-0.3, -0.25) is 0 Å². The molecule has 0 saturated carbocycles. The van der Waals surface area contributed by atoms with Gasteiger partial charge in [0, 0.05) is 0 Å². The number of thiazole rings is 1. The summed E-state index contributed by atoms with van der Waals surface area (Å²) in [6.07, 6.45) is 1.93. The van der Waals surface area contributed by atoms with E-state index in [4.69, 9.17) is 0 Å². The number of halogens is 1. The molecular weight excluding hydrogens is 534 g/mol. The summed E-state index contributed by atoms with van der Waals surface area (Å²) >= 11 is 2.15. The molecule has 1 saturated heterocycles. The van der Waals surface area contributed by atoms with Gasteiger partial charge in [-0.1, -0.05) is 0 Å². The second-order valence-corrected chi connectivity index (χ2v) is 10.0. The first kappa shape index (κ1) is 19.1. The van der Waals surface area contributed by atoms with E-state index in [0.717, 1.165) is 72.6 Å². The van der Waals surface area contributed by atoms with E-state index in [0.29, 0.717) is 10.6 Å². The van der Waals surface area contributed by atoms with Crippen LogP contribution in [0.25, 0.3) is 10.2 Å². The number of fused-ring (bicyclic) bond motifs is 1. The number of carbonyl (C=O) groups is 1. The molecule has 1 atom stereocenters. The van der Waals surface area contributed by atoms with E-state index in [2.05, 4.69) is 34.2 Å². The first-order chi connectivity index (χ1) is 11.9. The topological polar surface area (TPSA) is 48.5 Å². The number of nitrogens with one attached hydrogen (secondary N) is 1. The number of aromatic nitrogens is 1. The van der Waals surface area contributed by atoms with Crippen molar-refractivity contribution in [1.29, 1.82) is 0 Å². The third-order valence-electron chi connectivity index (χ3n) is 4.42. The van der Waals surface area contributed by atoms with Crippen molar-refractivity contribution >= 4 is 61.5 Å². The SMILES string of the molecule is CN(C)CCN1CCCC(C(=O)Nc2nc3c(F)c[c]([Pb])cc3s2)C1. The number of hydrogen-bond donors (Lipinski definition) is 1. The maximum absolute atomic E-state index is 14.0. The number of piperidine rings is 1. The van der Waals surface area contributed by atoms with Crippen molar-refractivity contribution in [3.8, 4) is 0 Å². The van der Waals surface area contributed by atoms with Gasteiger partial charge in [0.25, 0.3) is 0 Å². The Morgan fingerprint density at radius 1 is 1.52 bits per heavy atom. The van der Waals surface area contributed by atoms with Crippen LogP contribution in [-0.4, -0.2) is 86.7 Å². The number of benzene rings is 1. The van der Waals surface area contributed by atoms with Crippen LogP contribution in [0.15, 0.2) is 12.1 Å². The van der Waals surface area contributed by atoms with E-state index in [1.807, 2.05) is 6.07 Å². The summed E-state index contributed by atoms with van der Waals surface area (Å²) in [6, 6.07) is 3.49. The Bertz CT molecular complexity index is 766. The summed E-state index contributed by atoms with van der Waals surface area (Å²) in [4.78, 5) is 21.4. The molecule has 2 heterocycles. The van der Waals surface area contributed by atoms with Crippen molar-refractivity contribution in [1.82, 2.24) is 14.8 Å². The Balaban J connectivity index is 1.64. The van der Waals surface area contributed by atoms with Crippen molar-refractivity contribution in [3.63, 3.8) is 0 Å². The molecular formula is C17H22FN4OPbS. The molecule has 3 rings (SSSR count). The van der Waals surface area contributed by atoms with Gasteiger partial charge < -0.3 is 4.90 Å². The Hall–Kier alpha value is -0.648. The van der Waals surface area contributed by atoms with Gasteiger partial charge in [0.1, 0.15) is 0 Å². The van der Waals surface area contributed by atoms with Crippen LogP contribution in [-0.2, 0) is 4.79 Å². The molecule has 1 unspecified atom stereocenters. The zero-order chi connectivity index (χ0) is 18.0. The monoisotopic (exact) mass is 557 g/mol. The molecule has 1 aliphatic heterocycles. The van der Waals surface area contributed by atoms with Gasteiger partial charge in [0.2, 0.25) is 0 Å². The van der Waals surface area contributed by atoms with Gasteiger partial charge in [-0.15, -0.1) is 0 Å². The van der Waals surface area contributed by atoms with Crippen molar-refractivity contribution in [2.75, 3.05) is 45.6 Å². The average Bonchev–Trinajstić information content (AvgIpc) is 2.96. The van der Waals surface area contributed by atoms with Crippen LogP contribution < -0.4 is 8.44 Å². The summed E-state index contributed by atoms with van der Waals surface area (Å²) in [5, 5.41) is 3.41. The Labute approximate surface area is 167 Å². The zero-order valence-electron chi connectivity index (χ0n) is 14.5. The van der Waals surface area contributed by atoms with Crippen molar-refractivity contribution < 1.29 is 9.18 Å². The number of carbonyl (C=O) groups excluding carboxylic acids is 1. The first-order valence-corrected chi connectivity index (χ1v) is 11.2. The quantitative estimate of drug-likeness (QED) is 0.567. The van der Waals surface area contributed by atoms with Gasteiger partial charge in [-0.2, -0.15) is 0 Å². The standard InChI is InChI=1S/C17H22FN4OS.Pb/c1-21(2)9-10-22-8-4-5-12(11-22)16(23)20-17-19-15-13(18)6-3-7-14(15)24-17;/h6-7,12H,4-5,8-11H2,1-2H3,(H,19,20,23);. The molecule has 1 N–H and O–H groups in total. The zero-order valence-corrected chi connectivity index (χ0v) is 19.2. The molecule has 133 valence electrons. The van der Waals surface area contributed by atoms with E-state index < -0.39 is 0 Å². The molecule has 1 aromatic heterocycles. The van der Waals surface area contributed by atoms with Crippen molar-refractivity contribution in [2.24, 2.45) is 5.92 Å². The molecule has 1 amide bonds. The van der Waals surface area contributed by atoms with E-state index in [-0.39, 0.29) is 17.6 Å². The van der Waals surface area contributed by atoms with E-state index >= 15 is 0 Å². The van der Waals surface area contributed by atoms with Crippen LogP contribution in [0.4, 0.5) is 9.52 Å². The minimum absolute atomic E-state index is 0.000106. The Morgan fingerprint density at radius 2 is 2.32 bits per heavy atom. The fourth-order valence-corrected chi connectivity index (χ4v) is 5.45. The minimum atomic E-state index is -0.299. The number of amides is 1. The second-order valence-electron chi connectivity index (χ2n) is 6.76.